The van der Waals surface area contributed by atoms with Crippen molar-refractivity contribution in [2.45, 2.75) is 44.6 Å². The van der Waals surface area contributed by atoms with Gasteiger partial charge in [0.1, 0.15) is 12.1 Å². The molecule has 2 fully saturated rings. The summed E-state index contributed by atoms with van der Waals surface area (Å²) in [4.78, 5) is 26.7. The minimum Gasteiger partial charge on any atom is -0.340 e. The van der Waals surface area contributed by atoms with Crippen LogP contribution in [0.15, 0.2) is 22.7 Å². The Labute approximate surface area is 133 Å². The predicted octanol–water partition coefficient (Wildman–Crippen LogP) is 2.79. The molecule has 1 saturated carbocycles. The van der Waals surface area contributed by atoms with E-state index in [1.165, 1.54) is 0 Å². The van der Waals surface area contributed by atoms with E-state index in [1.807, 2.05) is 18.2 Å². The highest BCUT2D eigenvalue weighted by Crippen LogP contribution is 2.36. The molecule has 5 heteroatoms. The molecule has 1 heterocycles. The number of nitrogens with zero attached hydrogens (tertiary/aromatic N) is 1. The fourth-order valence-electron chi connectivity index (χ4n) is 3.45. The van der Waals surface area contributed by atoms with Gasteiger partial charge in [-0.1, -0.05) is 35.7 Å². The molecule has 0 aromatic heterocycles. The Morgan fingerprint density at radius 3 is 2.67 bits per heavy atom. The van der Waals surface area contributed by atoms with Crippen molar-refractivity contribution >= 4 is 33.4 Å². The number of hydrogen-bond acceptors (Lipinski definition) is 2. The van der Waals surface area contributed by atoms with Crippen molar-refractivity contribution in [1.82, 2.24) is 5.32 Å². The molecular formula is C16H19BrN2O2. The van der Waals surface area contributed by atoms with Crippen LogP contribution < -0.4 is 10.2 Å². The molecule has 1 aromatic rings. The predicted molar refractivity (Wildman–Crippen MR) is 85.2 cm³/mol. The van der Waals surface area contributed by atoms with E-state index in [-0.39, 0.29) is 18.4 Å². The van der Waals surface area contributed by atoms with Crippen molar-refractivity contribution in [3.63, 3.8) is 0 Å². The van der Waals surface area contributed by atoms with Gasteiger partial charge in [0.05, 0.1) is 0 Å². The van der Waals surface area contributed by atoms with Crippen LogP contribution in [0.2, 0.25) is 0 Å². The Morgan fingerprint density at radius 1 is 1.29 bits per heavy atom. The highest BCUT2D eigenvalue weighted by molar-refractivity contribution is 9.10. The highest BCUT2D eigenvalue weighted by Gasteiger charge is 2.48. The Kier molecular flexibility index (Phi) is 3.78. The van der Waals surface area contributed by atoms with E-state index in [1.54, 1.807) is 4.90 Å². The molecular weight excluding hydrogens is 332 g/mol. The summed E-state index contributed by atoms with van der Waals surface area (Å²) >= 11 is 3.47. The number of amides is 2. The maximum Gasteiger partial charge on any atom is 0.253 e. The molecule has 1 N–H and O–H groups in total. The lowest BCUT2D eigenvalue weighted by molar-refractivity contribution is -0.135. The summed E-state index contributed by atoms with van der Waals surface area (Å²) in [5.74, 6) is -0.00176. The third-order valence-corrected chi connectivity index (χ3v) is 5.00. The molecule has 1 spiro atoms. The quantitative estimate of drug-likeness (QED) is 0.891. The number of rotatable bonds is 2. The molecule has 21 heavy (non-hydrogen) atoms. The largest absolute Gasteiger partial charge is 0.340 e. The molecule has 1 saturated heterocycles. The molecule has 2 amide bonds. The zero-order valence-corrected chi connectivity index (χ0v) is 13.7. The average Bonchev–Trinajstić information content (AvgIpc) is 2.92. The first-order valence-corrected chi connectivity index (χ1v) is 8.26. The van der Waals surface area contributed by atoms with Crippen molar-refractivity contribution in [2.24, 2.45) is 0 Å². The lowest BCUT2D eigenvalue weighted by atomic mass is 9.92. The first-order valence-electron chi connectivity index (χ1n) is 7.47. The second-order valence-corrected chi connectivity index (χ2v) is 6.77. The number of piperazine rings is 1. The first-order chi connectivity index (χ1) is 10.1. The Balaban J connectivity index is 2.01. The molecule has 4 nitrogen and oxygen atoms in total. The van der Waals surface area contributed by atoms with Crippen LogP contribution in [0.3, 0.4) is 0 Å². The molecule has 0 unspecified atom stereocenters. The van der Waals surface area contributed by atoms with Crippen LogP contribution >= 0.6 is 15.9 Å². The van der Waals surface area contributed by atoms with Crippen molar-refractivity contribution in [3.8, 4) is 0 Å². The van der Waals surface area contributed by atoms with E-state index in [9.17, 15) is 9.59 Å². The van der Waals surface area contributed by atoms with Crippen LogP contribution in [-0.2, 0) is 16.0 Å². The number of anilines is 1. The van der Waals surface area contributed by atoms with E-state index in [2.05, 4.69) is 28.2 Å². The fraction of sp³-hybridized carbons (Fsp3) is 0.500. The normalized spacial score (nSPS) is 21.0. The molecule has 0 bridgehead atoms. The third kappa shape index (κ3) is 2.48. The van der Waals surface area contributed by atoms with E-state index < -0.39 is 5.54 Å². The minimum absolute atomic E-state index is 0.0524. The van der Waals surface area contributed by atoms with E-state index in [4.69, 9.17) is 0 Å². The monoisotopic (exact) mass is 350 g/mol. The number of aryl methyl sites for hydroxylation is 1. The van der Waals surface area contributed by atoms with Gasteiger partial charge in [0.25, 0.3) is 5.91 Å². The summed E-state index contributed by atoms with van der Waals surface area (Å²) in [7, 11) is 0. The Hall–Kier alpha value is -1.36. The summed E-state index contributed by atoms with van der Waals surface area (Å²) in [6.07, 6.45) is 4.34. The Morgan fingerprint density at radius 2 is 2.00 bits per heavy atom. The van der Waals surface area contributed by atoms with Crippen LogP contribution in [0.1, 0.15) is 38.2 Å². The van der Waals surface area contributed by atoms with Gasteiger partial charge >= 0.3 is 0 Å². The number of benzene rings is 1. The van der Waals surface area contributed by atoms with Gasteiger partial charge in [-0.2, -0.15) is 0 Å². The Bertz CT molecular complexity index is 594. The molecule has 112 valence electrons. The van der Waals surface area contributed by atoms with Crippen LogP contribution in [0.25, 0.3) is 0 Å². The molecule has 1 aliphatic carbocycles. The van der Waals surface area contributed by atoms with Crippen LogP contribution in [0.4, 0.5) is 5.69 Å². The van der Waals surface area contributed by atoms with Crippen molar-refractivity contribution in [1.29, 1.82) is 0 Å². The maximum atomic E-state index is 12.9. The average molecular weight is 351 g/mol. The van der Waals surface area contributed by atoms with Crippen molar-refractivity contribution in [3.05, 3.63) is 28.2 Å². The van der Waals surface area contributed by atoms with Gasteiger partial charge in [-0.05, 0) is 43.0 Å². The topological polar surface area (TPSA) is 49.4 Å². The van der Waals surface area contributed by atoms with Gasteiger partial charge in [0, 0.05) is 10.2 Å². The highest BCUT2D eigenvalue weighted by atomic mass is 79.9. The van der Waals surface area contributed by atoms with Crippen molar-refractivity contribution in [2.75, 3.05) is 11.4 Å². The first kappa shape index (κ1) is 14.6. The smallest absolute Gasteiger partial charge is 0.253 e. The SMILES string of the molecule is CCc1cc(Br)ccc1N1CC(=O)NC2(CCCC2)C1=O. The van der Waals surface area contributed by atoms with Gasteiger partial charge in [-0.15, -0.1) is 0 Å². The van der Waals surface area contributed by atoms with Crippen LogP contribution in [0.5, 0.6) is 0 Å². The van der Waals surface area contributed by atoms with Crippen molar-refractivity contribution < 1.29 is 9.59 Å². The lowest BCUT2D eigenvalue weighted by Crippen LogP contribution is -2.65. The molecule has 3 rings (SSSR count). The van der Waals surface area contributed by atoms with E-state index >= 15 is 0 Å². The van der Waals surface area contributed by atoms with Gasteiger partial charge in [0.15, 0.2) is 0 Å². The molecule has 1 aliphatic heterocycles. The van der Waals surface area contributed by atoms with Gasteiger partial charge in [0.2, 0.25) is 5.91 Å². The van der Waals surface area contributed by atoms with Crippen LogP contribution in [0, 0.1) is 0 Å². The number of halogens is 1. The zero-order chi connectivity index (χ0) is 15.0. The molecule has 2 aliphatic rings. The molecule has 0 atom stereocenters. The number of hydrogen-bond donors (Lipinski definition) is 1. The van der Waals surface area contributed by atoms with E-state index in [0.29, 0.717) is 0 Å². The molecule has 0 radical (unpaired) electrons. The summed E-state index contributed by atoms with van der Waals surface area (Å²) < 4.78 is 0.993. The summed E-state index contributed by atoms with van der Waals surface area (Å²) in [5.41, 5.74) is 1.29. The number of nitrogens with one attached hydrogen (secondary N) is 1. The van der Waals surface area contributed by atoms with Crippen LogP contribution in [-0.4, -0.2) is 23.9 Å². The lowest BCUT2D eigenvalue weighted by Gasteiger charge is -2.40. The molecule has 1 aromatic carbocycles. The summed E-state index contributed by atoms with van der Waals surface area (Å²) in [6.45, 7) is 2.18. The third-order valence-electron chi connectivity index (χ3n) is 4.51. The van der Waals surface area contributed by atoms with Gasteiger partial charge in [-0.25, -0.2) is 0 Å². The standard InChI is InChI=1S/C16H19BrN2O2/c1-2-11-9-12(17)5-6-13(11)19-10-14(20)18-16(15(19)21)7-3-4-8-16/h5-6,9H,2-4,7-8,10H2,1H3,(H,18,20). The summed E-state index contributed by atoms with van der Waals surface area (Å²) in [5, 5.41) is 2.95. The number of carbonyl (C=O) groups is 2. The fourth-order valence-corrected chi connectivity index (χ4v) is 3.85. The second-order valence-electron chi connectivity index (χ2n) is 5.86. The second kappa shape index (κ2) is 5.44. The van der Waals surface area contributed by atoms with Gasteiger partial charge < -0.3 is 10.2 Å². The summed E-state index contributed by atoms with van der Waals surface area (Å²) in [6, 6.07) is 5.88. The maximum absolute atomic E-state index is 12.9. The van der Waals surface area contributed by atoms with E-state index in [0.717, 1.165) is 47.8 Å². The number of carbonyl (C=O) groups excluding carboxylic acids is 2. The zero-order valence-electron chi connectivity index (χ0n) is 12.1. The minimum atomic E-state index is -0.659. The van der Waals surface area contributed by atoms with Gasteiger partial charge in [-0.3, -0.25) is 9.59 Å².